The van der Waals surface area contributed by atoms with Crippen molar-refractivity contribution in [3.05, 3.63) is 5.56 Å². The molecule has 0 radical (unpaired) electrons. The molecule has 98 valence electrons. The molecule has 0 nitrogen and oxygen atoms in total. The molecular weight excluding hydrogens is 316 g/mol. The third-order valence-corrected chi connectivity index (χ3v) is 7.04. The second-order valence-electron chi connectivity index (χ2n) is 3.19. The molecular formula is C13H16S5. The Bertz CT molecular complexity index is 440. The first-order valence-electron chi connectivity index (χ1n) is 5.10. The third-order valence-electron chi connectivity index (χ3n) is 2.44. The molecule has 0 atom stereocenters. The average molecular weight is 333 g/mol. The zero-order valence-corrected chi connectivity index (χ0v) is 15.2. The topological polar surface area (TPSA) is 0 Å². The maximum atomic E-state index is 5.74. The molecule has 0 bridgehead atoms. The first kappa shape index (κ1) is 16.6. The number of thioether (sulfide) groups is 5. The summed E-state index contributed by atoms with van der Waals surface area (Å²) in [7, 11) is 0. The fraction of sp³-hybridized carbons (Fsp3) is 0.385. The summed E-state index contributed by atoms with van der Waals surface area (Å²) >= 11 is 8.89. The van der Waals surface area contributed by atoms with Crippen LogP contribution < -0.4 is 0 Å². The monoisotopic (exact) mass is 332 g/mol. The Kier molecular flexibility index (Phi) is 7.33. The molecule has 0 saturated carbocycles. The van der Waals surface area contributed by atoms with Gasteiger partial charge < -0.3 is 0 Å². The van der Waals surface area contributed by atoms with Crippen LogP contribution in [0.25, 0.3) is 0 Å². The normalized spacial score (nSPS) is 10.4. The van der Waals surface area contributed by atoms with Crippen LogP contribution in [0.4, 0.5) is 0 Å². The van der Waals surface area contributed by atoms with Crippen LogP contribution in [0, 0.1) is 12.3 Å². The summed E-state index contributed by atoms with van der Waals surface area (Å²) in [6, 6.07) is 0. The van der Waals surface area contributed by atoms with E-state index in [1.807, 2.05) is 11.8 Å². The smallest absolute Gasteiger partial charge is 0.0537 e. The summed E-state index contributed by atoms with van der Waals surface area (Å²) in [5.74, 6) is 2.89. The Labute approximate surface area is 132 Å². The quantitative estimate of drug-likeness (QED) is 0.530. The fourth-order valence-electron chi connectivity index (χ4n) is 1.72. The predicted molar refractivity (Wildman–Crippen MR) is 93.3 cm³/mol. The summed E-state index contributed by atoms with van der Waals surface area (Å²) in [5.41, 5.74) is 1.06. The highest BCUT2D eigenvalue weighted by Crippen LogP contribution is 2.48. The lowest BCUT2D eigenvalue weighted by molar-refractivity contribution is 0.953. The minimum absolute atomic E-state index is 1.06. The Morgan fingerprint density at radius 1 is 0.611 bits per heavy atom. The standard InChI is InChI=1S/C13H16S5/c1-7-8-9(14-2)11(16-4)13(18-6)12(17-5)10(8)15-3/h1H,2-6H3. The lowest BCUT2D eigenvalue weighted by Crippen LogP contribution is -1.96. The van der Waals surface area contributed by atoms with E-state index in [2.05, 4.69) is 37.2 Å². The number of hydrogen-bond donors (Lipinski definition) is 0. The summed E-state index contributed by atoms with van der Waals surface area (Å²) in [6.07, 6.45) is 16.3. The van der Waals surface area contributed by atoms with Crippen molar-refractivity contribution in [2.75, 3.05) is 31.3 Å². The van der Waals surface area contributed by atoms with Gasteiger partial charge >= 0.3 is 0 Å². The first-order valence-corrected chi connectivity index (χ1v) is 11.2. The molecule has 0 amide bonds. The molecule has 0 spiro atoms. The summed E-state index contributed by atoms with van der Waals surface area (Å²) in [5, 5.41) is 0. The molecule has 0 aliphatic rings. The molecule has 0 aromatic heterocycles. The second kappa shape index (κ2) is 7.96. The van der Waals surface area contributed by atoms with Crippen LogP contribution in [0.2, 0.25) is 0 Å². The van der Waals surface area contributed by atoms with Gasteiger partial charge in [0.25, 0.3) is 0 Å². The van der Waals surface area contributed by atoms with Gasteiger partial charge in [-0.25, -0.2) is 0 Å². The Morgan fingerprint density at radius 2 is 0.889 bits per heavy atom. The lowest BCUT2D eigenvalue weighted by atomic mass is 10.2. The highest BCUT2D eigenvalue weighted by Gasteiger charge is 2.21. The van der Waals surface area contributed by atoms with E-state index < -0.39 is 0 Å². The average Bonchev–Trinajstić information content (AvgIpc) is 2.43. The van der Waals surface area contributed by atoms with Gasteiger partial charge in [0.05, 0.1) is 5.56 Å². The van der Waals surface area contributed by atoms with E-state index in [9.17, 15) is 0 Å². The van der Waals surface area contributed by atoms with E-state index in [4.69, 9.17) is 6.42 Å². The van der Waals surface area contributed by atoms with Gasteiger partial charge in [0.1, 0.15) is 0 Å². The molecule has 1 aromatic carbocycles. The van der Waals surface area contributed by atoms with Crippen LogP contribution in [-0.2, 0) is 0 Å². The fourth-order valence-corrected chi connectivity index (χ4v) is 7.00. The number of terminal acetylenes is 1. The lowest BCUT2D eigenvalue weighted by Gasteiger charge is -2.19. The van der Waals surface area contributed by atoms with E-state index in [1.165, 1.54) is 24.5 Å². The molecule has 0 fully saturated rings. The zero-order chi connectivity index (χ0) is 13.7. The summed E-state index contributed by atoms with van der Waals surface area (Å²) in [4.78, 5) is 6.51. The van der Waals surface area contributed by atoms with Gasteiger partial charge in [-0.1, -0.05) is 5.92 Å². The van der Waals surface area contributed by atoms with E-state index in [1.54, 1.807) is 47.0 Å². The van der Waals surface area contributed by atoms with E-state index in [-0.39, 0.29) is 0 Å². The second-order valence-corrected chi connectivity index (χ2v) is 7.27. The van der Waals surface area contributed by atoms with Crippen LogP contribution in [0.1, 0.15) is 5.56 Å². The van der Waals surface area contributed by atoms with E-state index in [0.29, 0.717) is 0 Å². The molecule has 0 N–H and O–H groups in total. The highest BCUT2D eigenvalue weighted by molar-refractivity contribution is 8.04. The Hall–Kier alpha value is 0.530. The molecule has 18 heavy (non-hydrogen) atoms. The highest BCUT2D eigenvalue weighted by atomic mass is 32.2. The molecule has 0 aliphatic carbocycles. The predicted octanol–water partition coefficient (Wildman–Crippen LogP) is 5.28. The minimum Gasteiger partial charge on any atom is -0.127 e. The van der Waals surface area contributed by atoms with Crippen LogP contribution >= 0.6 is 58.8 Å². The molecule has 0 unspecified atom stereocenters. The molecule has 5 heteroatoms. The van der Waals surface area contributed by atoms with Gasteiger partial charge in [0.15, 0.2) is 0 Å². The van der Waals surface area contributed by atoms with Crippen molar-refractivity contribution in [1.82, 2.24) is 0 Å². The molecule has 0 saturated heterocycles. The maximum absolute atomic E-state index is 5.74. The molecule has 1 aromatic rings. The van der Waals surface area contributed by atoms with Gasteiger partial charge in [-0.2, -0.15) is 0 Å². The Balaban J connectivity index is 3.79. The van der Waals surface area contributed by atoms with Crippen molar-refractivity contribution in [2.45, 2.75) is 24.5 Å². The molecule has 0 heterocycles. The number of hydrogen-bond acceptors (Lipinski definition) is 5. The summed E-state index contributed by atoms with van der Waals surface area (Å²) < 4.78 is 0. The molecule has 0 aliphatic heterocycles. The largest absolute Gasteiger partial charge is 0.127 e. The van der Waals surface area contributed by atoms with Gasteiger partial charge in [-0.15, -0.1) is 65.2 Å². The van der Waals surface area contributed by atoms with Gasteiger partial charge in [0, 0.05) is 24.5 Å². The van der Waals surface area contributed by atoms with Crippen molar-refractivity contribution < 1.29 is 0 Å². The zero-order valence-electron chi connectivity index (χ0n) is 11.1. The van der Waals surface area contributed by atoms with Crippen LogP contribution in [0.3, 0.4) is 0 Å². The Morgan fingerprint density at radius 3 is 1.11 bits per heavy atom. The van der Waals surface area contributed by atoms with Gasteiger partial charge in [-0.3, -0.25) is 0 Å². The van der Waals surface area contributed by atoms with E-state index in [0.717, 1.165) is 5.56 Å². The summed E-state index contributed by atoms with van der Waals surface area (Å²) in [6.45, 7) is 0. The first-order chi connectivity index (χ1) is 8.69. The van der Waals surface area contributed by atoms with Crippen LogP contribution in [-0.4, -0.2) is 31.3 Å². The SMILES string of the molecule is C#Cc1c(SC)c(SC)c(SC)c(SC)c1SC. The van der Waals surface area contributed by atoms with Gasteiger partial charge in [0.2, 0.25) is 0 Å². The maximum Gasteiger partial charge on any atom is 0.0537 e. The van der Waals surface area contributed by atoms with Crippen molar-refractivity contribution in [3.63, 3.8) is 0 Å². The number of benzene rings is 1. The third kappa shape index (κ3) is 2.99. The van der Waals surface area contributed by atoms with Crippen LogP contribution in [0.5, 0.6) is 0 Å². The minimum atomic E-state index is 1.06. The van der Waals surface area contributed by atoms with Crippen molar-refractivity contribution in [2.24, 2.45) is 0 Å². The van der Waals surface area contributed by atoms with E-state index >= 15 is 0 Å². The van der Waals surface area contributed by atoms with Gasteiger partial charge in [-0.05, 0) is 31.3 Å². The van der Waals surface area contributed by atoms with Crippen LogP contribution in [0.15, 0.2) is 24.5 Å². The van der Waals surface area contributed by atoms with Crippen molar-refractivity contribution in [3.8, 4) is 12.3 Å². The molecule has 1 rings (SSSR count). The van der Waals surface area contributed by atoms with Crippen molar-refractivity contribution in [1.29, 1.82) is 0 Å². The van der Waals surface area contributed by atoms with Crippen molar-refractivity contribution >= 4 is 58.8 Å². The number of rotatable bonds is 5.